The van der Waals surface area contributed by atoms with E-state index in [1.54, 1.807) is 18.6 Å². The Hall–Kier alpha value is -1.79. The minimum Gasteiger partial charge on any atom is -0.361 e. The molecule has 3 heterocycles. The molecule has 0 aliphatic carbocycles. The summed E-state index contributed by atoms with van der Waals surface area (Å²) >= 11 is 7.67. The lowest BCUT2D eigenvalue weighted by atomic mass is 10.2. The number of nitrogens with zero attached hydrogens (tertiary/aromatic N) is 4. The smallest absolute Gasteiger partial charge is 0.140 e. The SMILES string of the molecule is CC(Nc1ncnc2scc(Cl)c12)c1cnccn1. The lowest BCUT2D eigenvalue weighted by Crippen LogP contribution is -2.10. The molecule has 0 aromatic carbocycles. The van der Waals surface area contributed by atoms with Crippen molar-refractivity contribution in [2.75, 3.05) is 5.32 Å². The van der Waals surface area contributed by atoms with Crippen molar-refractivity contribution >= 4 is 39.0 Å². The highest BCUT2D eigenvalue weighted by Crippen LogP contribution is 2.33. The molecule has 19 heavy (non-hydrogen) atoms. The van der Waals surface area contributed by atoms with Gasteiger partial charge in [0, 0.05) is 17.8 Å². The van der Waals surface area contributed by atoms with Crippen molar-refractivity contribution in [1.29, 1.82) is 0 Å². The van der Waals surface area contributed by atoms with Crippen LogP contribution >= 0.6 is 22.9 Å². The van der Waals surface area contributed by atoms with E-state index in [0.29, 0.717) is 5.02 Å². The second-order valence-corrected chi connectivity index (χ2v) is 5.25. The highest BCUT2D eigenvalue weighted by molar-refractivity contribution is 7.17. The fourth-order valence-electron chi connectivity index (χ4n) is 1.76. The first-order valence-corrected chi connectivity index (χ1v) is 6.91. The highest BCUT2D eigenvalue weighted by atomic mass is 35.5. The molecule has 0 saturated heterocycles. The molecule has 0 aliphatic rings. The number of hydrogen-bond acceptors (Lipinski definition) is 6. The quantitative estimate of drug-likeness (QED) is 0.802. The van der Waals surface area contributed by atoms with Gasteiger partial charge in [-0.1, -0.05) is 11.6 Å². The Kier molecular flexibility index (Phi) is 3.27. The Morgan fingerprint density at radius 2 is 2.16 bits per heavy atom. The summed E-state index contributed by atoms with van der Waals surface area (Å²) in [6, 6.07) is -0.0113. The molecular weight excluding hydrogens is 282 g/mol. The van der Waals surface area contributed by atoms with Crippen LogP contribution in [0.1, 0.15) is 18.7 Å². The minimum atomic E-state index is -0.0113. The summed E-state index contributed by atoms with van der Waals surface area (Å²) in [5.74, 6) is 0.717. The van der Waals surface area contributed by atoms with Gasteiger partial charge in [-0.3, -0.25) is 9.97 Å². The molecule has 0 saturated carbocycles. The molecule has 0 bridgehead atoms. The molecule has 0 fully saturated rings. The van der Waals surface area contributed by atoms with Crippen molar-refractivity contribution in [3.63, 3.8) is 0 Å². The lowest BCUT2D eigenvalue weighted by molar-refractivity contribution is 0.822. The Bertz CT molecular complexity index is 700. The van der Waals surface area contributed by atoms with E-state index >= 15 is 0 Å². The molecule has 0 spiro atoms. The Labute approximate surface area is 118 Å². The van der Waals surface area contributed by atoms with E-state index in [1.807, 2.05) is 12.3 Å². The van der Waals surface area contributed by atoms with Gasteiger partial charge in [-0.15, -0.1) is 11.3 Å². The van der Waals surface area contributed by atoms with Crippen LogP contribution < -0.4 is 5.32 Å². The van der Waals surface area contributed by atoms with Gasteiger partial charge in [0.15, 0.2) is 0 Å². The number of halogens is 1. The molecule has 96 valence electrons. The molecule has 1 unspecified atom stereocenters. The molecule has 0 amide bonds. The second kappa shape index (κ2) is 5.07. The third kappa shape index (κ3) is 2.36. The molecule has 1 N–H and O–H groups in total. The third-order valence-electron chi connectivity index (χ3n) is 2.71. The summed E-state index contributed by atoms with van der Waals surface area (Å²) < 4.78 is 0. The van der Waals surface area contributed by atoms with Crippen LogP contribution in [0.3, 0.4) is 0 Å². The summed E-state index contributed by atoms with van der Waals surface area (Å²) in [4.78, 5) is 17.6. The number of hydrogen-bond donors (Lipinski definition) is 1. The monoisotopic (exact) mass is 291 g/mol. The van der Waals surface area contributed by atoms with Crippen molar-refractivity contribution in [3.05, 3.63) is 41.0 Å². The van der Waals surface area contributed by atoms with Gasteiger partial charge in [-0.05, 0) is 6.92 Å². The van der Waals surface area contributed by atoms with Gasteiger partial charge >= 0.3 is 0 Å². The Morgan fingerprint density at radius 3 is 2.95 bits per heavy atom. The van der Waals surface area contributed by atoms with Crippen molar-refractivity contribution in [2.45, 2.75) is 13.0 Å². The highest BCUT2D eigenvalue weighted by Gasteiger charge is 2.13. The van der Waals surface area contributed by atoms with Gasteiger partial charge in [0.2, 0.25) is 0 Å². The van der Waals surface area contributed by atoms with Gasteiger partial charge in [-0.25, -0.2) is 9.97 Å². The van der Waals surface area contributed by atoms with Crippen molar-refractivity contribution in [3.8, 4) is 0 Å². The van der Waals surface area contributed by atoms with Crippen LogP contribution in [0.5, 0.6) is 0 Å². The second-order valence-electron chi connectivity index (χ2n) is 3.98. The topological polar surface area (TPSA) is 63.6 Å². The molecule has 7 heteroatoms. The first kappa shape index (κ1) is 12.3. The van der Waals surface area contributed by atoms with Crippen LogP contribution in [0.4, 0.5) is 5.82 Å². The molecule has 0 aliphatic heterocycles. The normalized spacial score (nSPS) is 12.5. The van der Waals surface area contributed by atoms with Gasteiger partial charge in [-0.2, -0.15) is 0 Å². The van der Waals surface area contributed by atoms with Crippen LogP contribution in [0.15, 0.2) is 30.3 Å². The average molecular weight is 292 g/mol. The fourth-order valence-corrected chi connectivity index (χ4v) is 2.90. The number of nitrogens with one attached hydrogen (secondary N) is 1. The molecule has 3 aromatic rings. The molecule has 5 nitrogen and oxygen atoms in total. The lowest BCUT2D eigenvalue weighted by Gasteiger charge is -2.14. The van der Waals surface area contributed by atoms with E-state index in [4.69, 9.17) is 11.6 Å². The van der Waals surface area contributed by atoms with E-state index in [2.05, 4.69) is 25.3 Å². The van der Waals surface area contributed by atoms with Gasteiger partial charge < -0.3 is 5.32 Å². The summed E-state index contributed by atoms with van der Waals surface area (Å²) in [5.41, 5.74) is 0.848. The number of aromatic nitrogens is 4. The van der Waals surface area contributed by atoms with Gasteiger partial charge in [0.05, 0.1) is 28.3 Å². The van der Waals surface area contributed by atoms with Gasteiger partial charge in [0.25, 0.3) is 0 Å². The number of thiophene rings is 1. The zero-order valence-corrected chi connectivity index (χ0v) is 11.6. The predicted octanol–water partition coefficient (Wildman–Crippen LogP) is 3.31. The Balaban J connectivity index is 1.95. The van der Waals surface area contributed by atoms with Crippen LogP contribution in [0.25, 0.3) is 10.2 Å². The first-order chi connectivity index (χ1) is 9.25. The number of anilines is 1. The predicted molar refractivity (Wildman–Crippen MR) is 76.5 cm³/mol. The molecule has 3 aromatic heterocycles. The summed E-state index contributed by atoms with van der Waals surface area (Å²) in [7, 11) is 0. The third-order valence-corrected chi connectivity index (χ3v) is 4.02. The zero-order valence-electron chi connectivity index (χ0n) is 10.0. The maximum absolute atomic E-state index is 6.17. The average Bonchev–Trinajstić information content (AvgIpc) is 2.83. The number of fused-ring (bicyclic) bond motifs is 1. The van der Waals surface area contributed by atoms with E-state index in [9.17, 15) is 0 Å². The maximum Gasteiger partial charge on any atom is 0.140 e. The summed E-state index contributed by atoms with van der Waals surface area (Å²) in [6.07, 6.45) is 6.57. The van der Waals surface area contributed by atoms with Crippen LogP contribution in [0.2, 0.25) is 5.02 Å². The molecule has 1 atom stereocenters. The molecule has 3 rings (SSSR count). The fraction of sp³-hybridized carbons (Fsp3) is 0.167. The van der Waals surface area contributed by atoms with E-state index in [-0.39, 0.29) is 6.04 Å². The first-order valence-electron chi connectivity index (χ1n) is 5.66. The van der Waals surface area contributed by atoms with Crippen molar-refractivity contribution in [2.24, 2.45) is 0 Å². The van der Waals surface area contributed by atoms with Gasteiger partial charge in [0.1, 0.15) is 17.0 Å². The van der Waals surface area contributed by atoms with Crippen LogP contribution in [0, 0.1) is 0 Å². The largest absolute Gasteiger partial charge is 0.361 e. The minimum absolute atomic E-state index is 0.0113. The molecule has 0 radical (unpaired) electrons. The molecular formula is C12H10ClN5S. The Morgan fingerprint density at radius 1 is 1.26 bits per heavy atom. The maximum atomic E-state index is 6.17. The van der Waals surface area contributed by atoms with E-state index in [1.165, 1.54) is 17.7 Å². The standard InChI is InChI=1S/C12H10ClN5S/c1-7(9-4-14-2-3-15-9)18-11-10-8(13)5-19-12(10)17-6-16-11/h2-7H,1H3,(H,16,17,18). The van der Waals surface area contributed by atoms with E-state index in [0.717, 1.165) is 21.7 Å². The van der Waals surface area contributed by atoms with E-state index < -0.39 is 0 Å². The summed E-state index contributed by atoms with van der Waals surface area (Å²) in [5, 5.41) is 6.67. The number of rotatable bonds is 3. The van der Waals surface area contributed by atoms with Crippen molar-refractivity contribution in [1.82, 2.24) is 19.9 Å². The summed E-state index contributed by atoms with van der Waals surface area (Å²) in [6.45, 7) is 2.00. The van der Waals surface area contributed by atoms with Crippen LogP contribution in [-0.2, 0) is 0 Å². The van der Waals surface area contributed by atoms with Crippen LogP contribution in [-0.4, -0.2) is 19.9 Å². The zero-order chi connectivity index (χ0) is 13.2. The van der Waals surface area contributed by atoms with Crippen molar-refractivity contribution < 1.29 is 0 Å².